The molecular formula is C15H26O3. The highest BCUT2D eigenvalue weighted by Crippen LogP contribution is 2.21. The summed E-state index contributed by atoms with van der Waals surface area (Å²) in [5.74, 6) is 3.06. The predicted octanol–water partition coefficient (Wildman–Crippen LogP) is 3.48. The normalized spacial score (nSPS) is 22.7. The Morgan fingerprint density at radius 1 is 1.39 bits per heavy atom. The summed E-state index contributed by atoms with van der Waals surface area (Å²) in [6, 6.07) is 0. The van der Waals surface area contributed by atoms with Crippen LogP contribution >= 0.6 is 0 Å². The molecular weight excluding hydrogens is 228 g/mol. The molecule has 1 saturated heterocycles. The third kappa shape index (κ3) is 5.75. The van der Waals surface area contributed by atoms with E-state index in [-0.39, 0.29) is 11.9 Å². The van der Waals surface area contributed by atoms with Gasteiger partial charge in [0.05, 0.1) is 12.2 Å². The van der Waals surface area contributed by atoms with Crippen molar-refractivity contribution in [2.24, 2.45) is 0 Å². The Morgan fingerprint density at radius 2 is 2.22 bits per heavy atom. The molecule has 0 saturated carbocycles. The first-order valence-electron chi connectivity index (χ1n) is 7.00. The molecule has 3 heteroatoms. The van der Waals surface area contributed by atoms with Crippen molar-refractivity contribution < 1.29 is 14.2 Å². The van der Waals surface area contributed by atoms with Crippen LogP contribution in [-0.4, -0.2) is 25.6 Å². The Hall–Kier alpha value is -0.720. The molecule has 1 aliphatic rings. The Morgan fingerprint density at radius 3 is 2.83 bits per heavy atom. The molecule has 1 aliphatic heterocycles. The molecule has 2 atom stereocenters. The van der Waals surface area contributed by atoms with E-state index in [0.717, 1.165) is 25.9 Å². The maximum atomic E-state index is 5.54. The van der Waals surface area contributed by atoms with Gasteiger partial charge in [-0.2, -0.15) is 0 Å². The van der Waals surface area contributed by atoms with Crippen molar-refractivity contribution >= 4 is 0 Å². The van der Waals surface area contributed by atoms with E-state index in [1.54, 1.807) is 7.11 Å². The van der Waals surface area contributed by atoms with E-state index in [0.29, 0.717) is 6.42 Å². The fourth-order valence-electron chi connectivity index (χ4n) is 1.95. The molecule has 0 spiro atoms. The van der Waals surface area contributed by atoms with Crippen molar-refractivity contribution in [3.63, 3.8) is 0 Å². The smallest absolute Gasteiger partial charge is 0.210 e. The minimum atomic E-state index is -0.153. The lowest BCUT2D eigenvalue weighted by molar-refractivity contribution is -0.122. The van der Waals surface area contributed by atoms with Crippen LogP contribution < -0.4 is 0 Å². The number of unbranched alkanes of at least 4 members (excludes halogenated alkanes) is 1. The van der Waals surface area contributed by atoms with Crippen LogP contribution in [0.4, 0.5) is 0 Å². The van der Waals surface area contributed by atoms with Crippen LogP contribution in [0, 0.1) is 12.0 Å². The monoisotopic (exact) mass is 254 g/mol. The van der Waals surface area contributed by atoms with Gasteiger partial charge in [0.1, 0.15) is 6.11 Å². The van der Waals surface area contributed by atoms with Crippen molar-refractivity contribution in [3.8, 4) is 12.0 Å². The number of rotatable bonds is 6. The van der Waals surface area contributed by atoms with Crippen LogP contribution in [-0.2, 0) is 14.2 Å². The summed E-state index contributed by atoms with van der Waals surface area (Å²) in [6.07, 6.45) is 9.97. The summed E-state index contributed by atoms with van der Waals surface area (Å²) in [7, 11) is 1.75. The minimum Gasteiger partial charge on any atom is -0.414 e. The second kappa shape index (κ2) is 8.39. The molecule has 0 aromatic heterocycles. The molecule has 0 aromatic carbocycles. The number of methoxy groups -OCH3 is 1. The highest BCUT2D eigenvalue weighted by atomic mass is 16.7. The van der Waals surface area contributed by atoms with Gasteiger partial charge in [0.2, 0.25) is 6.29 Å². The van der Waals surface area contributed by atoms with Crippen LogP contribution in [0.2, 0.25) is 0 Å². The highest BCUT2D eigenvalue weighted by Gasteiger charge is 2.21. The molecule has 3 nitrogen and oxygen atoms in total. The first kappa shape index (κ1) is 15.3. The molecule has 1 heterocycles. The van der Waals surface area contributed by atoms with Crippen LogP contribution in [0.5, 0.6) is 0 Å². The van der Waals surface area contributed by atoms with Crippen LogP contribution in [0.1, 0.15) is 58.8 Å². The zero-order valence-electron chi connectivity index (χ0n) is 12.0. The van der Waals surface area contributed by atoms with E-state index in [1.165, 1.54) is 19.3 Å². The van der Waals surface area contributed by atoms with E-state index in [1.807, 2.05) is 0 Å². The van der Waals surface area contributed by atoms with Gasteiger partial charge in [-0.3, -0.25) is 0 Å². The molecule has 0 bridgehead atoms. The van der Waals surface area contributed by atoms with E-state index in [9.17, 15) is 0 Å². The second-order valence-corrected chi connectivity index (χ2v) is 5.13. The van der Waals surface area contributed by atoms with Gasteiger partial charge in [-0.15, -0.1) is 0 Å². The molecule has 0 aliphatic carbocycles. The maximum Gasteiger partial charge on any atom is 0.210 e. The zero-order valence-corrected chi connectivity index (χ0v) is 12.0. The molecule has 0 N–H and O–H groups in total. The topological polar surface area (TPSA) is 27.7 Å². The summed E-state index contributed by atoms with van der Waals surface area (Å²) < 4.78 is 16.4. The first-order chi connectivity index (χ1) is 8.70. The van der Waals surface area contributed by atoms with Gasteiger partial charge >= 0.3 is 0 Å². The van der Waals surface area contributed by atoms with Crippen molar-refractivity contribution in [2.75, 3.05) is 13.7 Å². The second-order valence-electron chi connectivity index (χ2n) is 5.13. The molecule has 0 aromatic rings. The maximum absolute atomic E-state index is 5.54. The Kier molecular flexibility index (Phi) is 7.15. The molecule has 104 valence electrons. The van der Waals surface area contributed by atoms with Gasteiger partial charge in [0.25, 0.3) is 0 Å². The Labute approximate surface area is 111 Å². The summed E-state index contributed by atoms with van der Waals surface area (Å²) in [4.78, 5) is 0. The van der Waals surface area contributed by atoms with E-state index >= 15 is 0 Å². The largest absolute Gasteiger partial charge is 0.414 e. The fourth-order valence-corrected chi connectivity index (χ4v) is 1.95. The molecule has 0 radical (unpaired) electrons. The van der Waals surface area contributed by atoms with E-state index in [2.05, 4.69) is 25.9 Å². The Balaban J connectivity index is 2.28. The van der Waals surface area contributed by atoms with Gasteiger partial charge in [-0.25, -0.2) is 0 Å². The van der Waals surface area contributed by atoms with Gasteiger partial charge in [0, 0.05) is 20.0 Å². The lowest BCUT2D eigenvalue weighted by Gasteiger charge is -2.25. The third-order valence-corrected chi connectivity index (χ3v) is 3.41. The van der Waals surface area contributed by atoms with Gasteiger partial charge in [-0.1, -0.05) is 25.7 Å². The van der Waals surface area contributed by atoms with Gasteiger partial charge < -0.3 is 14.2 Å². The van der Waals surface area contributed by atoms with E-state index < -0.39 is 0 Å². The van der Waals surface area contributed by atoms with Crippen molar-refractivity contribution in [1.82, 2.24) is 0 Å². The van der Waals surface area contributed by atoms with Crippen molar-refractivity contribution in [1.29, 1.82) is 0 Å². The van der Waals surface area contributed by atoms with Gasteiger partial charge in [-0.05, 0) is 26.2 Å². The lowest BCUT2D eigenvalue weighted by atomic mass is 9.95. The number of hydrogen-bond donors (Lipinski definition) is 0. The van der Waals surface area contributed by atoms with Crippen molar-refractivity contribution in [3.05, 3.63) is 0 Å². The molecule has 1 rings (SSSR count). The minimum absolute atomic E-state index is 0.129. The van der Waals surface area contributed by atoms with Crippen LogP contribution in [0.25, 0.3) is 0 Å². The number of ether oxygens (including phenoxy) is 3. The molecule has 0 amide bonds. The molecule has 1 fully saturated rings. The average Bonchev–Trinajstić information content (AvgIpc) is 2.43. The molecule has 2 unspecified atom stereocenters. The van der Waals surface area contributed by atoms with Crippen LogP contribution in [0.15, 0.2) is 0 Å². The standard InChI is InChI=1S/C15H26O3/c1-4-5-10-15(2,16-3)11-8-13-18-14-9-6-7-12-17-14/h14H,4-7,9-12H2,1-3H3. The summed E-state index contributed by atoms with van der Waals surface area (Å²) >= 11 is 0. The third-order valence-electron chi connectivity index (χ3n) is 3.41. The fraction of sp³-hybridized carbons (Fsp3) is 0.867. The summed E-state index contributed by atoms with van der Waals surface area (Å²) in [5.41, 5.74) is -0.153. The average molecular weight is 254 g/mol. The van der Waals surface area contributed by atoms with Crippen molar-refractivity contribution in [2.45, 2.75) is 70.7 Å². The quantitative estimate of drug-likeness (QED) is 0.679. The van der Waals surface area contributed by atoms with Gasteiger partial charge in [0.15, 0.2) is 0 Å². The first-order valence-corrected chi connectivity index (χ1v) is 7.00. The highest BCUT2D eigenvalue weighted by molar-refractivity contribution is 4.98. The predicted molar refractivity (Wildman–Crippen MR) is 72.0 cm³/mol. The lowest BCUT2D eigenvalue weighted by Crippen LogP contribution is -2.26. The summed E-state index contributed by atoms with van der Waals surface area (Å²) in [6.45, 7) is 5.08. The SMILES string of the molecule is CCCCC(C)(CC#COC1CCCCO1)OC. The zero-order chi connectivity index (χ0) is 13.3. The number of hydrogen-bond acceptors (Lipinski definition) is 3. The molecule has 18 heavy (non-hydrogen) atoms. The summed E-state index contributed by atoms with van der Waals surface area (Å²) in [5, 5.41) is 0. The van der Waals surface area contributed by atoms with E-state index in [4.69, 9.17) is 14.2 Å². The van der Waals surface area contributed by atoms with Crippen LogP contribution in [0.3, 0.4) is 0 Å². The Bertz CT molecular complexity index is 273.